The Morgan fingerprint density at radius 3 is 3.06 bits per heavy atom. The van der Waals surface area contributed by atoms with Gasteiger partial charge in [-0.15, -0.1) is 22.7 Å². The van der Waals surface area contributed by atoms with E-state index < -0.39 is 5.97 Å². The van der Waals surface area contributed by atoms with Gasteiger partial charge < -0.3 is 5.11 Å². The minimum atomic E-state index is -0.960. The van der Waals surface area contributed by atoms with Gasteiger partial charge >= 0.3 is 5.97 Å². The molecule has 3 aromatic rings. The van der Waals surface area contributed by atoms with Gasteiger partial charge in [0.15, 0.2) is 4.96 Å². The Balaban J connectivity index is 2.17. The van der Waals surface area contributed by atoms with Crippen molar-refractivity contribution < 1.29 is 9.90 Å². The van der Waals surface area contributed by atoms with Gasteiger partial charge in [0.25, 0.3) is 0 Å². The number of thiazole rings is 1. The van der Waals surface area contributed by atoms with E-state index in [0.29, 0.717) is 0 Å². The summed E-state index contributed by atoms with van der Waals surface area (Å²) in [6, 6.07) is 4.03. The lowest BCUT2D eigenvalue weighted by atomic mass is 10.3. The number of aliphatic carboxylic acids is 1. The number of imidazole rings is 1. The molecule has 0 saturated carbocycles. The molecule has 0 aliphatic rings. The highest BCUT2D eigenvalue weighted by Gasteiger charge is 2.10. The molecule has 18 heavy (non-hydrogen) atoms. The van der Waals surface area contributed by atoms with Gasteiger partial charge in [-0.2, -0.15) is 0 Å². The van der Waals surface area contributed by atoms with Crippen LogP contribution in [0.4, 0.5) is 0 Å². The maximum atomic E-state index is 10.6. The predicted octanol–water partition coefficient (Wildman–Crippen LogP) is 3.22. The molecular weight excluding hydrogens is 268 g/mol. The monoisotopic (exact) mass is 276 g/mol. The third-order valence-corrected chi connectivity index (χ3v) is 4.18. The van der Waals surface area contributed by atoms with Crippen LogP contribution >= 0.6 is 22.7 Å². The van der Waals surface area contributed by atoms with E-state index in [9.17, 15) is 4.79 Å². The van der Waals surface area contributed by atoms with Crippen LogP contribution in [0, 0.1) is 0 Å². The molecule has 6 heteroatoms. The standard InChI is InChI=1S/C12H8N2O2S2/c15-11(16)4-3-8-6-13-12-14(8)9(7-18-12)10-2-1-5-17-10/h1-7H,(H,15,16)/b4-3+. The quantitative estimate of drug-likeness (QED) is 0.747. The third-order valence-electron chi connectivity index (χ3n) is 2.44. The highest BCUT2D eigenvalue weighted by atomic mass is 32.1. The van der Waals surface area contributed by atoms with Gasteiger partial charge in [0.05, 0.1) is 22.5 Å². The van der Waals surface area contributed by atoms with Crippen LogP contribution in [-0.4, -0.2) is 20.5 Å². The summed E-state index contributed by atoms with van der Waals surface area (Å²) in [7, 11) is 0. The Hall–Kier alpha value is -1.92. The van der Waals surface area contributed by atoms with Crippen LogP contribution in [0.5, 0.6) is 0 Å². The summed E-state index contributed by atoms with van der Waals surface area (Å²) >= 11 is 3.19. The topological polar surface area (TPSA) is 54.6 Å². The second-order valence-electron chi connectivity index (χ2n) is 3.57. The lowest BCUT2D eigenvalue weighted by Crippen LogP contribution is -1.89. The van der Waals surface area contributed by atoms with Crippen molar-refractivity contribution in [2.75, 3.05) is 0 Å². The predicted molar refractivity (Wildman–Crippen MR) is 73.1 cm³/mol. The molecule has 0 unspecified atom stereocenters. The van der Waals surface area contributed by atoms with E-state index in [1.54, 1.807) is 34.9 Å². The van der Waals surface area contributed by atoms with E-state index in [-0.39, 0.29) is 0 Å². The maximum absolute atomic E-state index is 10.6. The average molecular weight is 276 g/mol. The van der Waals surface area contributed by atoms with Gasteiger partial charge in [0.2, 0.25) is 0 Å². The minimum absolute atomic E-state index is 0.775. The fraction of sp³-hybridized carbons (Fsp3) is 0. The van der Waals surface area contributed by atoms with E-state index in [1.165, 1.54) is 0 Å². The van der Waals surface area contributed by atoms with Crippen molar-refractivity contribution in [2.24, 2.45) is 0 Å². The van der Waals surface area contributed by atoms with Gasteiger partial charge in [0.1, 0.15) is 0 Å². The summed E-state index contributed by atoms with van der Waals surface area (Å²) in [6.45, 7) is 0. The molecule has 0 bridgehead atoms. The summed E-state index contributed by atoms with van der Waals surface area (Å²) in [4.78, 5) is 16.8. The first-order chi connectivity index (χ1) is 8.75. The van der Waals surface area contributed by atoms with Crippen LogP contribution in [-0.2, 0) is 4.79 Å². The number of fused-ring (bicyclic) bond motifs is 1. The summed E-state index contributed by atoms with van der Waals surface area (Å²) < 4.78 is 1.97. The molecule has 0 aromatic carbocycles. The molecule has 3 aromatic heterocycles. The van der Waals surface area contributed by atoms with Crippen LogP contribution in [0.25, 0.3) is 21.6 Å². The average Bonchev–Trinajstić information content (AvgIpc) is 3.03. The van der Waals surface area contributed by atoms with Crippen LogP contribution in [0.2, 0.25) is 0 Å². The van der Waals surface area contributed by atoms with Crippen LogP contribution < -0.4 is 0 Å². The molecule has 0 spiro atoms. The molecule has 0 atom stereocenters. The van der Waals surface area contributed by atoms with Gasteiger partial charge in [-0.1, -0.05) is 6.07 Å². The van der Waals surface area contributed by atoms with Gasteiger partial charge in [-0.05, 0) is 17.5 Å². The molecule has 3 heterocycles. The Labute approximate surface area is 110 Å². The number of carboxylic acids is 1. The van der Waals surface area contributed by atoms with E-state index in [1.807, 2.05) is 27.3 Å². The Bertz CT molecular complexity index is 723. The zero-order chi connectivity index (χ0) is 12.5. The number of hydrogen-bond donors (Lipinski definition) is 1. The minimum Gasteiger partial charge on any atom is -0.478 e. The van der Waals surface area contributed by atoms with Crippen molar-refractivity contribution in [3.8, 4) is 10.6 Å². The lowest BCUT2D eigenvalue weighted by Gasteiger charge is -1.97. The first kappa shape index (κ1) is 11.2. The van der Waals surface area contributed by atoms with Crippen molar-refractivity contribution in [3.63, 3.8) is 0 Å². The third kappa shape index (κ3) is 1.85. The van der Waals surface area contributed by atoms with Crippen molar-refractivity contribution in [3.05, 3.63) is 40.9 Å². The number of aromatic nitrogens is 2. The van der Waals surface area contributed by atoms with Crippen LogP contribution in [0.15, 0.2) is 35.2 Å². The maximum Gasteiger partial charge on any atom is 0.328 e. The fourth-order valence-corrected chi connectivity index (χ4v) is 3.38. The van der Waals surface area contributed by atoms with E-state index in [4.69, 9.17) is 5.11 Å². The molecular formula is C12H8N2O2S2. The Kier molecular flexibility index (Phi) is 2.73. The molecule has 0 fully saturated rings. The zero-order valence-corrected chi connectivity index (χ0v) is 10.7. The van der Waals surface area contributed by atoms with Crippen LogP contribution in [0.1, 0.15) is 5.69 Å². The second-order valence-corrected chi connectivity index (χ2v) is 5.36. The first-order valence-corrected chi connectivity index (χ1v) is 6.91. The van der Waals surface area contributed by atoms with E-state index in [2.05, 4.69) is 4.98 Å². The van der Waals surface area contributed by atoms with E-state index >= 15 is 0 Å². The molecule has 4 nitrogen and oxygen atoms in total. The van der Waals surface area contributed by atoms with E-state index in [0.717, 1.165) is 27.3 Å². The Morgan fingerprint density at radius 2 is 2.33 bits per heavy atom. The summed E-state index contributed by atoms with van der Waals surface area (Å²) in [6.07, 6.45) is 4.37. The van der Waals surface area contributed by atoms with Crippen molar-refractivity contribution in [1.29, 1.82) is 0 Å². The van der Waals surface area contributed by atoms with Crippen molar-refractivity contribution in [2.45, 2.75) is 0 Å². The molecule has 0 radical (unpaired) electrons. The highest BCUT2D eigenvalue weighted by molar-refractivity contribution is 7.16. The molecule has 1 N–H and O–H groups in total. The molecule has 0 amide bonds. The molecule has 3 rings (SSSR count). The lowest BCUT2D eigenvalue weighted by molar-refractivity contribution is -0.131. The normalized spacial score (nSPS) is 11.6. The van der Waals surface area contributed by atoms with Crippen molar-refractivity contribution >= 4 is 39.7 Å². The fourth-order valence-electron chi connectivity index (χ4n) is 1.70. The summed E-state index contributed by atoms with van der Waals surface area (Å²) in [5, 5.41) is 12.7. The number of carbonyl (C=O) groups is 1. The van der Waals surface area contributed by atoms with Gasteiger partial charge in [0, 0.05) is 11.5 Å². The largest absolute Gasteiger partial charge is 0.478 e. The number of hydrogen-bond acceptors (Lipinski definition) is 4. The van der Waals surface area contributed by atoms with Gasteiger partial charge in [-0.3, -0.25) is 4.40 Å². The van der Waals surface area contributed by atoms with Crippen molar-refractivity contribution in [1.82, 2.24) is 9.38 Å². The summed E-state index contributed by atoms with van der Waals surface area (Å²) in [5.41, 5.74) is 1.82. The SMILES string of the molecule is O=C(O)/C=C/c1cnc2scc(-c3cccs3)n12. The molecule has 90 valence electrons. The summed E-state index contributed by atoms with van der Waals surface area (Å²) in [5.74, 6) is -0.960. The molecule has 0 aliphatic heterocycles. The number of nitrogens with zero attached hydrogens (tertiary/aromatic N) is 2. The number of carboxylic acid groups (broad SMARTS) is 1. The first-order valence-electron chi connectivity index (χ1n) is 5.15. The zero-order valence-electron chi connectivity index (χ0n) is 9.11. The highest BCUT2D eigenvalue weighted by Crippen LogP contribution is 2.30. The van der Waals surface area contributed by atoms with Gasteiger partial charge in [-0.25, -0.2) is 9.78 Å². The number of rotatable bonds is 3. The smallest absolute Gasteiger partial charge is 0.328 e. The second kappa shape index (κ2) is 4.40. The molecule has 0 aliphatic carbocycles. The number of thiophene rings is 1. The Morgan fingerprint density at radius 1 is 1.44 bits per heavy atom. The van der Waals surface area contributed by atoms with Crippen LogP contribution in [0.3, 0.4) is 0 Å². The molecule has 0 saturated heterocycles.